The van der Waals surface area contributed by atoms with Crippen molar-refractivity contribution in [2.75, 3.05) is 26.9 Å². The highest BCUT2D eigenvalue weighted by atomic mass is 16.5. The van der Waals surface area contributed by atoms with Crippen LogP contribution in [-0.4, -0.2) is 55.7 Å². The van der Waals surface area contributed by atoms with E-state index >= 15 is 0 Å². The molecule has 0 atom stereocenters. The average Bonchev–Trinajstić information content (AvgIpc) is 3.23. The van der Waals surface area contributed by atoms with Gasteiger partial charge in [-0.2, -0.15) is 5.10 Å². The van der Waals surface area contributed by atoms with E-state index < -0.39 is 11.5 Å². The molecule has 5 rings (SSSR count). The number of amides is 3. The Morgan fingerprint density at radius 3 is 2.46 bits per heavy atom. The SMILES string of the molecule is COc1cccc(/C=N/NC(=O)COc2ccc3ccc(=O)oc3c2)c1OCCCN1C(=O)c2ccccc2C1=O. The van der Waals surface area contributed by atoms with Crippen molar-refractivity contribution in [1.82, 2.24) is 10.3 Å². The normalized spacial score (nSPS) is 12.6. The molecule has 3 aromatic carbocycles. The first-order valence-electron chi connectivity index (χ1n) is 12.7. The second kappa shape index (κ2) is 12.2. The lowest BCUT2D eigenvalue weighted by Crippen LogP contribution is -2.31. The maximum atomic E-state index is 12.6. The molecule has 11 heteroatoms. The first-order chi connectivity index (χ1) is 19.9. The van der Waals surface area contributed by atoms with E-state index in [2.05, 4.69) is 10.5 Å². The van der Waals surface area contributed by atoms with E-state index in [0.29, 0.717) is 45.9 Å². The highest BCUT2D eigenvalue weighted by molar-refractivity contribution is 6.21. The Hall–Kier alpha value is -5.45. The van der Waals surface area contributed by atoms with Crippen molar-refractivity contribution in [3.8, 4) is 17.2 Å². The van der Waals surface area contributed by atoms with Gasteiger partial charge in [0.2, 0.25) is 0 Å². The summed E-state index contributed by atoms with van der Waals surface area (Å²) in [5.74, 6) is 0.0553. The number of carbonyl (C=O) groups excluding carboxylic acids is 3. The molecule has 1 N–H and O–H groups in total. The summed E-state index contributed by atoms with van der Waals surface area (Å²) in [6.45, 7) is 0.0736. The number of ether oxygens (including phenoxy) is 3. The van der Waals surface area contributed by atoms with Crippen LogP contribution in [0.3, 0.4) is 0 Å². The zero-order valence-electron chi connectivity index (χ0n) is 22.0. The zero-order chi connectivity index (χ0) is 28.8. The number of carbonyl (C=O) groups is 3. The number of fused-ring (bicyclic) bond motifs is 2. The molecule has 4 aromatic rings. The second-order valence-corrected chi connectivity index (χ2v) is 8.92. The number of imide groups is 1. The van der Waals surface area contributed by atoms with Gasteiger partial charge in [0.15, 0.2) is 18.1 Å². The smallest absolute Gasteiger partial charge is 0.336 e. The number of benzene rings is 3. The topological polar surface area (TPSA) is 137 Å². The maximum absolute atomic E-state index is 12.6. The quantitative estimate of drug-likeness (QED) is 0.0978. The fraction of sp³-hybridized carbons (Fsp3) is 0.167. The fourth-order valence-corrected chi connectivity index (χ4v) is 4.27. The molecule has 0 spiro atoms. The van der Waals surface area contributed by atoms with Crippen LogP contribution >= 0.6 is 0 Å². The van der Waals surface area contributed by atoms with Crippen LogP contribution in [-0.2, 0) is 4.79 Å². The lowest BCUT2D eigenvalue weighted by molar-refractivity contribution is -0.123. The van der Waals surface area contributed by atoms with Gasteiger partial charge in [0, 0.05) is 29.6 Å². The first-order valence-corrected chi connectivity index (χ1v) is 12.7. The van der Waals surface area contributed by atoms with Crippen LogP contribution in [0.2, 0.25) is 0 Å². The molecule has 1 aliphatic heterocycles. The lowest BCUT2D eigenvalue weighted by atomic mass is 10.1. The summed E-state index contributed by atoms with van der Waals surface area (Å²) in [7, 11) is 1.50. The summed E-state index contributed by atoms with van der Waals surface area (Å²) in [5, 5.41) is 4.72. The molecule has 11 nitrogen and oxygen atoms in total. The van der Waals surface area contributed by atoms with Gasteiger partial charge in [0.1, 0.15) is 11.3 Å². The molecule has 0 unspecified atom stereocenters. The molecule has 208 valence electrons. The van der Waals surface area contributed by atoms with Gasteiger partial charge in [-0.25, -0.2) is 10.2 Å². The van der Waals surface area contributed by atoms with Crippen LogP contribution in [0.15, 0.2) is 87.1 Å². The summed E-state index contributed by atoms with van der Waals surface area (Å²) in [4.78, 5) is 50.0. The monoisotopic (exact) mass is 555 g/mol. The van der Waals surface area contributed by atoms with E-state index in [1.54, 1.807) is 60.7 Å². The van der Waals surface area contributed by atoms with Crippen LogP contribution in [0.5, 0.6) is 17.2 Å². The van der Waals surface area contributed by atoms with E-state index in [1.165, 1.54) is 30.4 Å². The number of nitrogens with one attached hydrogen (secondary N) is 1. The second-order valence-electron chi connectivity index (χ2n) is 8.92. The van der Waals surface area contributed by atoms with Crippen LogP contribution in [0, 0.1) is 0 Å². The van der Waals surface area contributed by atoms with Crippen molar-refractivity contribution in [1.29, 1.82) is 0 Å². The first kappa shape index (κ1) is 27.1. The van der Waals surface area contributed by atoms with E-state index in [1.807, 2.05) is 0 Å². The molecular formula is C30H25N3O8. The predicted molar refractivity (Wildman–Crippen MR) is 149 cm³/mol. The molecule has 3 amide bonds. The number of hydrogen-bond acceptors (Lipinski definition) is 9. The van der Waals surface area contributed by atoms with Crippen LogP contribution in [0.4, 0.5) is 0 Å². The van der Waals surface area contributed by atoms with E-state index in [9.17, 15) is 19.2 Å². The minimum atomic E-state index is -0.512. The number of hydrogen-bond donors (Lipinski definition) is 1. The number of rotatable bonds is 11. The van der Waals surface area contributed by atoms with Gasteiger partial charge in [-0.15, -0.1) is 0 Å². The van der Waals surface area contributed by atoms with Crippen molar-refractivity contribution < 1.29 is 33.0 Å². The summed E-state index contributed by atoms with van der Waals surface area (Å²) in [6, 6.07) is 19.8. The Kier molecular flexibility index (Phi) is 8.05. The Bertz CT molecular complexity index is 1680. The van der Waals surface area contributed by atoms with E-state index in [-0.39, 0.29) is 31.6 Å². The van der Waals surface area contributed by atoms with Gasteiger partial charge in [-0.05, 0) is 48.9 Å². The van der Waals surface area contributed by atoms with Crippen molar-refractivity contribution in [2.24, 2.45) is 5.10 Å². The predicted octanol–water partition coefficient (Wildman–Crippen LogP) is 3.40. The molecule has 0 saturated heterocycles. The minimum absolute atomic E-state index is 0.195. The molecule has 1 aromatic heterocycles. The van der Waals surface area contributed by atoms with E-state index in [4.69, 9.17) is 18.6 Å². The van der Waals surface area contributed by atoms with Crippen LogP contribution in [0.1, 0.15) is 32.7 Å². The zero-order valence-corrected chi connectivity index (χ0v) is 22.0. The van der Waals surface area contributed by atoms with Gasteiger partial charge < -0.3 is 18.6 Å². The maximum Gasteiger partial charge on any atom is 0.336 e. The number of nitrogens with zero attached hydrogens (tertiary/aromatic N) is 2. The Labute approximate surface area is 233 Å². The summed E-state index contributed by atoms with van der Waals surface area (Å²) in [6.07, 6.45) is 1.80. The fourth-order valence-electron chi connectivity index (χ4n) is 4.27. The summed E-state index contributed by atoms with van der Waals surface area (Å²) >= 11 is 0. The highest BCUT2D eigenvalue weighted by Crippen LogP contribution is 2.30. The third-order valence-corrected chi connectivity index (χ3v) is 6.24. The van der Waals surface area contributed by atoms with Gasteiger partial charge >= 0.3 is 5.63 Å². The molecule has 41 heavy (non-hydrogen) atoms. The highest BCUT2D eigenvalue weighted by Gasteiger charge is 2.34. The standard InChI is InChI=1S/C30H25N3O8/c1-38-24-9-4-6-20(28(24)39-15-5-14-33-29(36)22-7-2-3-8-23(22)30(33)37)17-31-32-26(34)18-40-21-12-10-19-11-13-27(35)41-25(19)16-21/h2-4,6-13,16-17H,5,14-15,18H2,1H3,(H,32,34)/b31-17+. The summed E-state index contributed by atoms with van der Waals surface area (Å²) < 4.78 is 21.9. The molecule has 2 heterocycles. The molecule has 0 aliphatic carbocycles. The molecule has 0 radical (unpaired) electrons. The average molecular weight is 556 g/mol. The van der Waals surface area contributed by atoms with Gasteiger partial charge in [0.05, 0.1) is 31.1 Å². The third-order valence-electron chi connectivity index (χ3n) is 6.24. The van der Waals surface area contributed by atoms with Crippen molar-refractivity contribution >= 4 is 34.9 Å². The molecular weight excluding hydrogens is 530 g/mol. The molecule has 0 fully saturated rings. The van der Waals surface area contributed by atoms with Gasteiger partial charge in [-0.1, -0.05) is 18.2 Å². The van der Waals surface area contributed by atoms with Crippen LogP contribution in [0.25, 0.3) is 11.0 Å². The number of methoxy groups -OCH3 is 1. The molecule has 0 saturated carbocycles. The van der Waals surface area contributed by atoms with Crippen LogP contribution < -0.4 is 25.3 Å². The van der Waals surface area contributed by atoms with Gasteiger partial charge in [0.25, 0.3) is 17.7 Å². The van der Waals surface area contributed by atoms with E-state index in [0.717, 1.165) is 5.39 Å². The Morgan fingerprint density at radius 2 is 1.71 bits per heavy atom. The Morgan fingerprint density at radius 1 is 0.951 bits per heavy atom. The van der Waals surface area contributed by atoms with Crippen molar-refractivity contribution in [2.45, 2.75) is 6.42 Å². The molecule has 0 bridgehead atoms. The Balaban J connectivity index is 1.14. The van der Waals surface area contributed by atoms with Crippen molar-refractivity contribution in [3.05, 3.63) is 99.9 Å². The van der Waals surface area contributed by atoms with Gasteiger partial charge in [-0.3, -0.25) is 19.3 Å². The number of para-hydroxylation sites is 1. The number of hydrazone groups is 1. The lowest BCUT2D eigenvalue weighted by Gasteiger charge is -2.16. The third kappa shape index (κ3) is 6.09. The molecule has 1 aliphatic rings. The summed E-state index contributed by atoms with van der Waals surface area (Å²) in [5.41, 5.74) is 3.60. The largest absolute Gasteiger partial charge is 0.493 e. The minimum Gasteiger partial charge on any atom is -0.493 e. The van der Waals surface area contributed by atoms with Crippen molar-refractivity contribution in [3.63, 3.8) is 0 Å².